The summed E-state index contributed by atoms with van der Waals surface area (Å²) in [5.74, 6) is -0.196. The molecule has 0 aromatic heterocycles. The van der Waals surface area contributed by atoms with Crippen molar-refractivity contribution in [1.29, 1.82) is 0 Å². The number of hydrogen-bond donors (Lipinski definition) is 0. The monoisotopic (exact) mass is 373 g/mol. The number of halogens is 1. The second kappa shape index (κ2) is 5.44. The van der Waals surface area contributed by atoms with Crippen LogP contribution in [0.2, 0.25) is 0 Å². The Labute approximate surface area is 124 Å². The first-order valence-corrected chi connectivity index (χ1v) is 7.41. The van der Waals surface area contributed by atoms with Gasteiger partial charge in [-0.1, -0.05) is 12.1 Å². The van der Waals surface area contributed by atoms with Gasteiger partial charge >= 0.3 is 0 Å². The summed E-state index contributed by atoms with van der Waals surface area (Å²) in [6.45, 7) is 3.67. The third-order valence-electron chi connectivity index (χ3n) is 2.51. The van der Waals surface area contributed by atoms with Crippen LogP contribution in [0.25, 0.3) is 6.08 Å². The van der Waals surface area contributed by atoms with E-state index in [4.69, 9.17) is 0 Å². The Balaban J connectivity index is 2.28. The van der Waals surface area contributed by atoms with E-state index in [0.717, 1.165) is 20.9 Å². The van der Waals surface area contributed by atoms with E-state index >= 15 is 0 Å². The van der Waals surface area contributed by atoms with Crippen LogP contribution in [0.1, 0.15) is 19.4 Å². The van der Waals surface area contributed by atoms with Crippen molar-refractivity contribution in [1.82, 2.24) is 4.90 Å². The minimum Gasteiger partial charge on any atom is -0.268 e. The smallest absolute Gasteiger partial charge is 0.268 e. The highest BCUT2D eigenvalue weighted by Gasteiger charge is 2.36. The number of rotatable bonds is 2. The fourth-order valence-corrected chi connectivity index (χ4v) is 2.96. The number of amides is 2. The molecule has 3 nitrogen and oxygen atoms in total. The number of hydrogen-bond acceptors (Lipinski definition) is 3. The molecule has 0 bridgehead atoms. The highest BCUT2D eigenvalue weighted by atomic mass is 127. The average molecular weight is 373 g/mol. The Hall–Kier alpha value is -0.820. The maximum atomic E-state index is 12.0. The molecule has 1 saturated heterocycles. The number of thioether (sulfide) groups is 1. The molecule has 1 aromatic carbocycles. The molecule has 0 unspecified atom stereocenters. The summed E-state index contributed by atoms with van der Waals surface area (Å²) in [4.78, 5) is 25.5. The number of carbonyl (C=O) groups excluding carboxylic acids is 2. The van der Waals surface area contributed by atoms with E-state index in [1.807, 2.05) is 38.1 Å². The van der Waals surface area contributed by atoms with Gasteiger partial charge in [0, 0.05) is 9.61 Å². The van der Waals surface area contributed by atoms with Gasteiger partial charge < -0.3 is 0 Å². The quantitative estimate of drug-likeness (QED) is 0.586. The number of imide groups is 1. The normalized spacial score (nSPS) is 18.2. The van der Waals surface area contributed by atoms with Crippen LogP contribution < -0.4 is 0 Å². The molecule has 0 atom stereocenters. The van der Waals surface area contributed by atoms with Crippen LogP contribution >= 0.6 is 34.4 Å². The van der Waals surface area contributed by atoms with Gasteiger partial charge in [-0.2, -0.15) is 0 Å². The van der Waals surface area contributed by atoms with E-state index in [0.29, 0.717) is 4.91 Å². The summed E-state index contributed by atoms with van der Waals surface area (Å²) in [6, 6.07) is 7.72. The van der Waals surface area contributed by atoms with Gasteiger partial charge in [0.05, 0.1) is 4.91 Å². The maximum absolute atomic E-state index is 12.0. The highest BCUT2D eigenvalue weighted by Crippen LogP contribution is 2.33. The summed E-state index contributed by atoms with van der Waals surface area (Å²) in [5.41, 5.74) is 0.935. The molecular formula is C13H12INO2S. The van der Waals surface area contributed by atoms with E-state index < -0.39 is 0 Å². The molecule has 0 radical (unpaired) electrons. The first-order valence-electron chi connectivity index (χ1n) is 5.51. The summed E-state index contributed by atoms with van der Waals surface area (Å²) >= 11 is 3.23. The first-order chi connectivity index (χ1) is 8.49. The second-order valence-electron chi connectivity index (χ2n) is 4.20. The van der Waals surface area contributed by atoms with Gasteiger partial charge in [0.25, 0.3) is 11.1 Å². The van der Waals surface area contributed by atoms with Gasteiger partial charge in [0.1, 0.15) is 0 Å². The largest absolute Gasteiger partial charge is 0.293 e. The van der Waals surface area contributed by atoms with Crippen LogP contribution in [0, 0.1) is 3.57 Å². The second-order valence-corrected chi connectivity index (χ2v) is 6.44. The molecule has 5 heteroatoms. The lowest BCUT2D eigenvalue weighted by molar-refractivity contribution is -0.123. The minimum absolute atomic E-state index is 0.0971. The summed E-state index contributed by atoms with van der Waals surface area (Å²) < 4.78 is 1.14. The van der Waals surface area contributed by atoms with Crippen LogP contribution in [0.4, 0.5) is 4.79 Å². The molecule has 0 saturated carbocycles. The Morgan fingerprint density at radius 1 is 1.22 bits per heavy atom. The summed E-state index contributed by atoms with van der Waals surface area (Å²) in [5, 5.41) is -0.188. The molecule has 1 aliphatic heterocycles. The van der Waals surface area contributed by atoms with Crippen molar-refractivity contribution in [3.05, 3.63) is 38.3 Å². The van der Waals surface area contributed by atoms with Gasteiger partial charge in [-0.3, -0.25) is 14.5 Å². The minimum atomic E-state index is -0.196. The molecule has 2 rings (SSSR count). The van der Waals surface area contributed by atoms with Gasteiger partial charge in [0.15, 0.2) is 0 Å². The molecular weight excluding hydrogens is 361 g/mol. The molecule has 1 fully saturated rings. The molecule has 18 heavy (non-hydrogen) atoms. The summed E-state index contributed by atoms with van der Waals surface area (Å²) in [6.07, 6.45) is 1.77. The predicted molar refractivity (Wildman–Crippen MR) is 82.1 cm³/mol. The third-order valence-corrected chi connectivity index (χ3v) is 4.11. The predicted octanol–water partition coefficient (Wildman–Crippen LogP) is 3.74. The van der Waals surface area contributed by atoms with Crippen molar-refractivity contribution in [2.75, 3.05) is 0 Å². The zero-order valence-corrected chi connectivity index (χ0v) is 13.0. The Morgan fingerprint density at radius 3 is 2.33 bits per heavy atom. The van der Waals surface area contributed by atoms with Gasteiger partial charge in [0.2, 0.25) is 0 Å². The first kappa shape index (κ1) is 13.6. The van der Waals surface area contributed by atoms with Crippen molar-refractivity contribution >= 4 is 51.6 Å². The molecule has 94 valence electrons. The van der Waals surface area contributed by atoms with E-state index in [9.17, 15) is 9.59 Å². The van der Waals surface area contributed by atoms with E-state index in [1.165, 1.54) is 4.90 Å². The average Bonchev–Trinajstić information content (AvgIpc) is 2.57. The lowest BCUT2D eigenvalue weighted by atomic mass is 10.2. The Kier molecular flexibility index (Phi) is 4.11. The van der Waals surface area contributed by atoms with Crippen molar-refractivity contribution in [2.45, 2.75) is 19.9 Å². The van der Waals surface area contributed by atoms with Crippen molar-refractivity contribution in [2.24, 2.45) is 0 Å². The van der Waals surface area contributed by atoms with Crippen molar-refractivity contribution < 1.29 is 9.59 Å². The zero-order valence-electron chi connectivity index (χ0n) is 10.0. The maximum Gasteiger partial charge on any atom is 0.293 e. The van der Waals surface area contributed by atoms with Gasteiger partial charge in [-0.05, 0) is 72.0 Å². The zero-order chi connectivity index (χ0) is 13.3. The number of benzene rings is 1. The van der Waals surface area contributed by atoms with Crippen LogP contribution in [-0.2, 0) is 4.79 Å². The lowest BCUT2D eigenvalue weighted by Gasteiger charge is -2.16. The number of nitrogens with zero attached hydrogens (tertiary/aromatic N) is 1. The van der Waals surface area contributed by atoms with Crippen molar-refractivity contribution in [3.63, 3.8) is 0 Å². The Morgan fingerprint density at radius 2 is 1.83 bits per heavy atom. The molecule has 1 heterocycles. The standard InChI is InChI=1S/C13H12INO2S/c1-8(2)15-12(16)11(18-13(15)17)7-9-3-5-10(14)6-4-9/h3-8H,1-2H3/b11-7+. The fraction of sp³-hybridized carbons (Fsp3) is 0.231. The van der Waals surface area contributed by atoms with Gasteiger partial charge in [-0.15, -0.1) is 0 Å². The van der Waals surface area contributed by atoms with Gasteiger partial charge in [-0.25, -0.2) is 0 Å². The molecule has 1 aliphatic rings. The fourth-order valence-electron chi connectivity index (χ4n) is 1.64. The van der Waals surface area contributed by atoms with E-state index in [2.05, 4.69) is 22.6 Å². The van der Waals surface area contributed by atoms with Crippen LogP contribution in [0.3, 0.4) is 0 Å². The highest BCUT2D eigenvalue weighted by molar-refractivity contribution is 14.1. The van der Waals surface area contributed by atoms with Crippen LogP contribution in [-0.4, -0.2) is 22.1 Å². The van der Waals surface area contributed by atoms with Crippen LogP contribution in [0.15, 0.2) is 29.2 Å². The number of carbonyl (C=O) groups is 2. The molecule has 0 aliphatic carbocycles. The third kappa shape index (κ3) is 2.77. The van der Waals surface area contributed by atoms with Crippen LogP contribution in [0.5, 0.6) is 0 Å². The Bertz CT molecular complexity index is 522. The van der Waals surface area contributed by atoms with E-state index in [-0.39, 0.29) is 17.2 Å². The van der Waals surface area contributed by atoms with Crippen molar-refractivity contribution in [3.8, 4) is 0 Å². The molecule has 2 amide bonds. The SMILES string of the molecule is CC(C)N1C(=O)S/C(=C/c2ccc(I)cc2)C1=O. The molecule has 0 spiro atoms. The van der Waals surface area contributed by atoms with E-state index in [1.54, 1.807) is 6.08 Å². The lowest BCUT2D eigenvalue weighted by Crippen LogP contribution is -2.34. The molecule has 0 N–H and O–H groups in total. The molecule has 1 aromatic rings. The summed E-state index contributed by atoms with van der Waals surface area (Å²) in [7, 11) is 0. The topological polar surface area (TPSA) is 37.4 Å².